The summed E-state index contributed by atoms with van der Waals surface area (Å²) >= 11 is 0. The lowest BCUT2D eigenvalue weighted by Crippen LogP contribution is -2.22. The summed E-state index contributed by atoms with van der Waals surface area (Å²) in [5.41, 5.74) is 2.31. The van der Waals surface area contributed by atoms with Crippen molar-refractivity contribution in [2.24, 2.45) is 0 Å². The summed E-state index contributed by atoms with van der Waals surface area (Å²) in [5.74, 6) is 0. The molecular weight excluding hydrogens is 242 g/mol. The van der Waals surface area contributed by atoms with Gasteiger partial charge in [0.2, 0.25) is 0 Å². The molecule has 0 aliphatic carbocycles. The van der Waals surface area contributed by atoms with Gasteiger partial charge in [0.15, 0.2) is 0 Å². The minimum absolute atomic E-state index is 0.00708. The zero-order chi connectivity index (χ0) is 13.7. The number of benzene rings is 1. The number of aliphatic hydroxyl groups excluding tert-OH is 1. The maximum atomic E-state index is 12.3. The Hall–Kier alpha value is -1.91. The van der Waals surface area contributed by atoms with E-state index in [4.69, 9.17) is 9.84 Å². The summed E-state index contributed by atoms with van der Waals surface area (Å²) in [7, 11) is 1.61. The highest BCUT2D eigenvalue weighted by Crippen LogP contribution is 2.15. The van der Waals surface area contributed by atoms with Crippen LogP contribution < -0.4 is 5.56 Å². The summed E-state index contributed by atoms with van der Waals surface area (Å²) < 4.78 is 6.63. The monoisotopic (exact) mass is 259 g/mol. The third kappa shape index (κ3) is 3.10. The highest BCUT2D eigenvalue weighted by atomic mass is 16.5. The van der Waals surface area contributed by atoms with Crippen molar-refractivity contribution in [3.8, 4) is 11.1 Å². The smallest absolute Gasteiger partial charge is 0.258 e. The Labute approximate surface area is 111 Å². The maximum Gasteiger partial charge on any atom is 0.258 e. The van der Waals surface area contributed by atoms with Gasteiger partial charge >= 0.3 is 0 Å². The third-order valence-electron chi connectivity index (χ3n) is 3.00. The molecule has 1 aromatic heterocycles. The van der Waals surface area contributed by atoms with Gasteiger partial charge in [0.25, 0.3) is 5.56 Å². The van der Waals surface area contributed by atoms with E-state index >= 15 is 0 Å². The Balaban J connectivity index is 2.36. The van der Waals surface area contributed by atoms with Gasteiger partial charge in [-0.1, -0.05) is 24.3 Å². The Kier molecular flexibility index (Phi) is 4.49. The van der Waals surface area contributed by atoms with Crippen LogP contribution in [0.1, 0.15) is 5.56 Å². The van der Waals surface area contributed by atoms with Gasteiger partial charge in [-0.3, -0.25) is 4.79 Å². The summed E-state index contributed by atoms with van der Waals surface area (Å²) in [6, 6.07) is 11.0. The number of ether oxygens (including phenoxy) is 1. The van der Waals surface area contributed by atoms with E-state index in [2.05, 4.69) is 0 Å². The minimum Gasteiger partial charge on any atom is -0.392 e. The predicted molar refractivity (Wildman–Crippen MR) is 73.9 cm³/mol. The van der Waals surface area contributed by atoms with Crippen LogP contribution in [-0.2, 0) is 17.9 Å². The lowest BCUT2D eigenvalue weighted by atomic mass is 10.1. The fraction of sp³-hybridized carbons (Fsp3) is 0.267. The molecule has 0 aliphatic rings. The average molecular weight is 259 g/mol. The van der Waals surface area contributed by atoms with Crippen molar-refractivity contribution in [1.82, 2.24) is 4.57 Å². The van der Waals surface area contributed by atoms with Gasteiger partial charge in [0.05, 0.1) is 13.2 Å². The molecule has 0 atom stereocenters. The van der Waals surface area contributed by atoms with Crippen LogP contribution in [0.25, 0.3) is 11.1 Å². The molecular formula is C15H17NO3. The van der Waals surface area contributed by atoms with Crippen LogP contribution in [-0.4, -0.2) is 23.4 Å². The molecule has 4 nitrogen and oxygen atoms in total. The standard InChI is InChI=1S/C15H17NO3/c1-19-10-9-16-8-2-3-14(15(16)18)13-6-4-12(11-17)5-7-13/h2-8,17H,9-11H2,1H3. The molecule has 0 saturated heterocycles. The molecule has 19 heavy (non-hydrogen) atoms. The summed E-state index contributed by atoms with van der Waals surface area (Å²) in [5, 5.41) is 9.02. The Morgan fingerprint density at radius 3 is 2.58 bits per heavy atom. The van der Waals surface area contributed by atoms with Gasteiger partial charge in [-0.2, -0.15) is 0 Å². The van der Waals surface area contributed by atoms with Gasteiger partial charge in [-0.05, 0) is 23.3 Å². The van der Waals surface area contributed by atoms with Crippen molar-refractivity contribution in [2.45, 2.75) is 13.2 Å². The third-order valence-corrected chi connectivity index (χ3v) is 3.00. The van der Waals surface area contributed by atoms with E-state index in [-0.39, 0.29) is 12.2 Å². The molecule has 0 amide bonds. The Morgan fingerprint density at radius 2 is 1.95 bits per heavy atom. The number of rotatable bonds is 5. The number of methoxy groups -OCH3 is 1. The van der Waals surface area contributed by atoms with Crippen LogP contribution >= 0.6 is 0 Å². The van der Waals surface area contributed by atoms with Crippen LogP contribution in [0.3, 0.4) is 0 Å². The molecule has 1 N–H and O–H groups in total. The lowest BCUT2D eigenvalue weighted by Gasteiger charge is -2.08. The quantitative estimate of drug-likeness (QED) is 0.888. The molecule has 0 bridgehead atoms. The summed E-state index contributed by atoms with van der Waals surface area (Å²) in [6.45, 7) is 1.05. The number of hydrogen-bond acceptors (Lipinski definition) is 3. The minimum atomic E-state index is -0.0312. The van der Waals surface area contributed by atoms with Gasteiger partial charge < -0.3 is 14.4 Å². The molecule has 0 radical (unpaired) electrons. The van der Waals surface area contributed by atoms with Gasteiger partial charge in [-0.15, -0.1) is 0 Å². The Morgan fingerprint density at radius 1 is 1.21 bits per heavy atom. The molecule has 1 heterocycles. The highest BCUT2D eigenvalue weighted by molar-refractivity contribution is 5.62. The first-order valence-corrected chi connectivity index (χ1v) is 6.15. The first-order valence-electron chi connectivity index (χ1n) is 6.15. The molecule has 4 heteroatoms. The number of aromatic nitrogens is 1. The van der Waals surface area contributed by atoms with Crippen LogP contribution in [0, 0.1) is 0 Å². The number of hydrogen-bond donors (Lipinski definition) is 1. The molecule has 100 valence electrons. The highest BCUT2D eigenvalue weighted by Gasteiger charge is 2.05. The van der Waals surface area contributed by atoms with E-state index < -0.39 is 0 Å². The zero-order valence-corrected chi connectivity index (χ0v) is 10.9. The molecule has 1 aromatic carbocycles. The number of nitrogens with zero attached hydrogens (tertiary/aromatic N) is 1. The van der Waals surface area contributed by atoms with Crippen LogP contribution in [0.15, 0.2) is 47.4 Å². The fourth-order valence-corrected chi connectivity index (χ4v) is 1.91. The molecule has 0 spiro atoms. The largest absolute Gasteiger partial charge is 0.392 e. The van der Waals surface area contributed by atoms with Crippen molar-refractivity contribution < 1.29 is 9.84 Å². The van der Waals surface area contributed by atoms with Crippen molar-refractivity contribution in [1.29, 1.82) is 0 Å². The topological polar surface area (TPSA) is 51.5 Å². The molecule has 0 aliphatic heterocycles. The second-order valence-corrected chi connectivity index (χ2v) is 4.27. The predicted octanol–water partition coefficient (Wildman–Crippen LogP) is 1.65. The van der Waals surface area contributed by atoms with E-state index in [0.717, 1.165) is 11.1 Å². The molecule has 0 fully saturated rings. The van der Waals surface area contributed by atoms with Crippen molar-refractivity contribution in [2.75, 3.05) is 13.7 Å². The zero-order valence-electron chi connectivity index (χ0n) is 10.9. The molecule has 2 aromatic rings. The lowest BCUT2D eigenvalue weighted by molar-refractivity contribution is 0.186. The van der Waals surface area contributed by atoms with Crippen LogP contribution in [0.2, 0.25) is 0 Å². The van der Waals surface area contributed by atoms with Crippen molar-refractivity contribution in [3.05, 3.63) is 58.5 Å². The van der Waals surface area contributed by atoms with Crippen molar-refractivity contribution >= 4 is 0 Å². The maximum absolute atomic E-state index is 12.3. The van der Waals surface area contributed by atoms with E-state index in [9.17, 15) is 4.79 Å². The van der Waals surface area contributed by atoms with Crippen LogP contribution in [0.5, 0.6) is 0 Å². The fourth-order valence-electron chi connectivity index (χ4n) is 1.91. The summed E-state index contributed by atoms with van der Waals surface area (Å²) in [4.78, 5) is 12.3. The van der Waals surface area contributed by atoms with Gasteiger partial charge in [0.1, 0.15) is 0 Å². The van der Waals surface area contributed by atoms with E-state index in [1.54, 1.807) is 23.9 Å². The summed E-state index contributed by atoms with van der Waals surface area (Å²) in [6.07, 6.45) is 1.76. The number of pyridine rings is 1. The second-order valence-electron chi connectivity index (χ2n) is 4.27. The van der Waals surface area contributed by atoms with Gasteiger partial charge in [0, 0.05) is 25.4 Å². The van der Waals surface area contributed by atoms with E-state index in [0.29, 0.717) is 18.7 Å². The van der Waals surface area contributed by atoms with E-state index in [1.807, 2.05) is 30.3 Å². The first kappa shape index (κ1) is 13.5. The normalized spacial score (nSPS) is 10.6. The Bertz CT molecular complexity index is 587. The van der Waals surface area contributed by atoms with Crippen LogP contribution in [0.4, 0.5) is 0 Å². The van der Waals surface area contributed by atoms with E-state index in [1.165, 1.54) is 0 Å². The van der Waals surface area contributed by atoms with Gasteiger partial charge in [-0.25, -0.2) is 0 Å². The first-order chi connectivity index (χ1) is 9.26. The van der Waals surface area contributed by atoms with Crippen molar-refractivity contribution in [3.63, 3.8) is 0 Å². The average Bonchev–Trinajstić information content (AvgIpc) is 2.46. The second kappa shape index (κ2) is 6.31. The molecule has 0 saturated carbocycles. The SMILES string of the molecule is COCCn1cccc(-c2ccc(CO)cc2)c1=O. The number of aliphatic hydroxyl groups is 1. The molecule has 2 rings (SSSR count). The molecule has 0 unspecified atom stereocenters.